The van der Waals surface area contributed by atoms with Crippen molar-refractivity contribution in [1.82, 2.24) is 5.32 Å². The van der Waals surface area contributed by atoms with Gasteiger partial charge in [-0.25, -0.2) is 0 Å². The third-order valence-electron chi connectivity index (χ3n) is 19.1. The molecule has 0 bridgehead atoms. The van der Waals surface area contributed by atoms with Crippen molar-refractivity contribution in [2.45, 2.75) is 394 Å². The van der Waals surface area contributed by atoms with Crippen molar-refractivity contribution < 1.29 is 89.4 Å². The van der Waals surface area contributed by atoms with Crippen LogP contribution in [0.5, 0.6) is 0 Å². The fourth-order valence-corrected chi connectivity index (χ4v) is 12.9. The molecule has 17 atom stereocenters. The molecule has 3 heterocycles. The lowest BCUT2D eigenvalue weighted by Crippen LogP contribution is -2.66. The van der Waals surface area contributed by atoms with Crippen molar-refractivity contribution in [2.75, 3.05) is 26.4 Å². The molecule has 3 fully saturated rings. The minimum atomic E-state index is -1.98. The lowest BCUT2D eigenvalue weighted by Gasteiger charge is -2.48. The smallest absolute Gasteiger partial charge is 0.220 e. The molecule has 0 aromatic rings. The quantitative estimate of drug-likeness (QED) is 0.0199. The first-order valence-corrected chi connectivity index (χ1v) is 38.5. The lowest BCUT2D eigenvalue weighted by molar-refractivity contribution is -0.379. The van der Waals surface area contributed by atoms with E-state index in [4.69, 9.17) is 28.4 Å². The zero-order chi connectivity index (χ0) is 69.6. The van der Waals surface area contributed by atoms with Crippen LogP contribution in [0.1, 0.15) is 290 Å². The molecule has 0 spiro atoms. The Kier molecular flexibility index (Phi) is 53.0. The molecule has 0 aromatic heterocycles. The van der Waals surface area contributed by atoms with E-state index >= 15 is 0 Å². The molecule has 3 saturated heterocycles. The second-order valence-electron chi connectivity index (χ2n) is 27.4. The molecule has 96 heavy (non-hydrogen) atoms. The highest BCUT2D eigenvalue weighted by molar-refractivity contribution is 5.76. The average Bonchev–Trinajstić information content (AvgIpc) is 0.788. The highest BCUT2D eigenvalue weighted by Gasteiger charge is 2.53. The van der Waals surface area contributed by atoms with Crippen LogP contribution in [-0.4, -0.2) is 193 Å². The molecule has 19 nitrogen and oxygen atoms in total. The van der Waals surface area contributed by atoms with Crippen molar-refractivity contribution in [1.29, 1.82) is 0 Å². The van der Waals surface area contributed by atoms with Gasteiger partial charge >= 0.3 is 0 Å². The Balaban J connectivity index is 1.39. The molecule has 560 valence electrons. The summed E-state index contributed by atoms with van der Waals surface area (Å²) in [7, 11) is 0. The van der Waals surface area contributed by atoms with Gasteiger partial charge in [-0.05, 0) is 57.8 Å². The summed E-state index contributed by atoms with van der Waals surface area (Å²) in [5.41, 5.74) is 0. The molecular formula is C77H139NO18. The Hall–Kier alpha value is -2.51. The van der Waals surface area contributed by atoms with Crippen LogP contribution in [0.4, 0.5) is 0 Å². The van der Waals surface area contributed by atoms with Gasteiger partial charge in [-0.3, -0.25) is 4.79 Å². The van der Waals surface area contributed by atoms with Gasteiger partial charge in [0.05, 0.1) is 38.6 Å². The van der Waals surface area contributed by atoms with Gasteiger partial charge in [0.25, 0.3) is 0 Å². The van der Waals surface area contributed by atoms with E-state index in [0.717, 1.165) is 103 Å². The van der Waals surface area contributed by atoms with E-state index in [-0.39, 0.29) is 18.9 Å². The maximum Gasteiger partial charge on any atom is 0.220 e. The van der Waals surface area contributed by atoms with E-state index in [1.165, 1.54) is 154 Å². The van der Waals surface area contributed by atoms with Gasteiger partial charge in [-0.1, -0.05) is 286 Å². The molecule has 17 unspecified atom stereocenters. The molecule has 0 aromatic carbocycles. The molecule has 19 heteroatoms. The van der Waals surface area contributed by atoms with Gasteiger partial charge in [0, 0.05) is 6.42 Å². The van der Waals surface area contributed by atoms with E-state index in [0.29, 0.717) is 12.8 Å². The van der Waals surface area contributed by atoms with E-state index < -0.39 is 124 Å². The third kappa shape index (κ3) is 38.5. The number of unbranched alkanes of at least 4 members (excludes halogenated alkanes) is 34. The van der Waals surface area contributed by atoms with Gasteiger partial charge in [-0.15, -0.1) is 0 Å². The predicted octanol–water partition coefficient (Wildman–Crippen LogP) is 11.9. The summed E-state index contributed by atoms with van der Waals surface area (Å²) >= 11 is 0. The molecule has 3 rings (SSSR count). The minimum Gasteiger partial charge on any atom is -0.394 e. The average molecular weight is 1370 g/mol. The van der Waals surface area contributed by atoms with Crippen LogP contribution >= 0.6 is 0 Å². The first-order valence-electron chi connectivity index (χ1n) is 38.5. The topological polar surface area (TPSA) is 307 Å². The SMILES string of the molecule is CC/C=C\C/C=C\C/C=C\C/C=C\C/C=C\CCCCCCCCCC(=O)NC(COC1OC(CO)C(OC2OC(CO)C(OC3OC(CO)C(O)C(O)C3O)C(O)C2O)C(O)C1O)C(O)CCCCCCCCCCCCCCCCCCCCCCCCCCCCCC. The number of nitrogens with one attached hydrogen (secondary N) is 1. The number of amides is 1. The molecule has 12 N–H and O–H groups in total. The molecule has 0 radical (unpaired) electrons. The van der Waals surface area contributed by atoms with Crippen LogP contribution in [0.25, 0.3) is 0 Å². The number of allylic oxidation sites excluding steroid dienone is 10. The summed E-state index contributed by atoms with van der Waals surface area (Å²) in [5.74, 6) is -0.253. The first-order chi connectivity index (χ1) is 46.8. The number of ether oxygens (including phenoxy) is 6. The van der Waals surface area contributed by atoms with E-state index in [2.05, 4.69) is 79.9 Å². The molecule has 0 saturated carbocycles. The summed E-state index contributed by atoms with van der Waals surface area (Å²) in [6.07, 6.45) is 45.8. The molecule has 3 aliphatic rings. The van der Waals surface area contributed by atoms with Crippen molar-refractivity contribution in [3.8, 4) is 0 Å². The van der Waals surface area contributed by atoms with Crippen LogP contribution in [0.3, 0.4) is 0 Å². The maximum absolute atomic E-state index is 13.5. The van der Waals surface area contributed by atoms with Crippen LogP contribution in [0.15, 0.2) is 60.8 Å². The van der Waals surface area contributed by atoms with Crippen molar-refractivity contribution in [3.05, 3.63) is 60.8 Å². The largest absolute Gasteiger partial charge is 0.394 e. The summed E-state index contributed by atoms with van der Waals surface area (Å²) in [4.78, 5) is 13.5. The van der Waals surface area contributed by atoms with Crippen molar-refractivity contribution >= 4 is 5.91 Å². The second kappa shape index (κ2) is 58.0. The maximum atomic E-state index is 13.5. The summed E-state index contributed by atoms with van der Waals surface area (Å²) in [5, 5.41) is 121. The number of carbonyl (C=O) groups is 1. The molecule has 3 aliphatic heterocycles. The predicted molar refractivity (Wildman–Crippen MR) is 379 cm³/mol. The van der Waals surface area contributed by atoms with Gasteiger partial charge in [0.2, 0.25) is 5.91 Å². The van der Waals surface area contributed by atoms with Crippen molar-refractivity contribution in [3.63, 3.8) is 0 Å². The Labute approximate surface area is 579 Å². The minimum absolute atomic E-state index is 0.251. The Bertz CT molecular complexity index is 1970. The van der Waals surface area contributed by atoms with Gasteiger partial charge in [0.15, 0.2) is 18.9 Å². The first kappa shape index (κ1) is 87.7. The van der Waals surface area contributed by atoms with Crippen LogP contribution < -0.4 is 5.32 Å². The number of aliphatic hydroxyl groups is 11. The number of aliphatic hydroxyl groups excluding tert-OH is 11. The summed E-state index contributed by atoms with van der Waals surface area (Å²) in [6.45, 7) is 1.71. The number of hydrogen-bond donors (Lipinski definition) is 12. The molecular weight excluding hydrogens is 1230 g/mol. The second-order valence-corrected chi connectivity index (χ2v) is 27.4. The van der Waals surface area contributed by atoms with Gasteiger partial charge in [-0.2, -0.15) is 0 Å². The Morgan fingerprint density at radius 2 is 0.719 bits per heavy atom. The zero-order valence-corrected chi connectivity index (χ0v) is 59.6. The fourth-order valence-electron chi connectivity index (χ4n) is 12.9. The van der Waals surface area contributed by atoms with Crippen LogP contribution in [-0.2, 0) is 33.2 Å². The van der Waals surface area contributed by atoms with E-state index in [1.54, 1.807) is 0 Å². The standard InChI is InChI=1S/C77H139NO18/c1-3-5-7-9-11-13-15-17-19-21-23-25-27-28-29-30-31-33-34-36-38-40-42-44-46-48-50-52-54-61(82)60(78-65(83)55-53-51-49-47-45-43-41-39-37-35-32-26-24-22-20-18-16-14-12-10-8-6-4-2)59-91-75-71(89)68(86)73(63(57-80)93-75)96-77-72(90)69(87)74(64(58-81)94-77)95-76-70(88)67(85)66(84)62(56-79)92-76/h6,8,12,14,18,20,24,26,35,37,60-64,66-77,79-82,84-90H,3-5,7,9-11,13,15-17,19,21-23,25,27-34,36,38-59H2,1-2H3,(H,78,83)/b8-6-,14-12-,20-18-,26-24-,37-35-. The van der Waals surface area contributed by atoms with Crippen LogP contribution in [0, 0.1) is 0 Å². The number of carbonyl (C=O) groups excluding carboxylic acids is 1. The Morgan fingerprint density at radius 1 is 0.385 bits per heavy atom. The van der Waals surface area contributed by atoms with Gasteiger partial charge in [0.1, 0.15) is 73.2 Å². The lowest BCUT2D eigenvalue weighted by atomic mass is 9.96. The third-order valence-corrected chi connectivity index (χ3v) is 19.1. The summed E-state index contributed by atoms with van der Waals surface area (Å²) in [6, 6.07) is -0.898. The van der Waals surface area contributed by atoms with Crippen molar-refractivity contribution in [2.24, 2.45) is 0 Å². The fraction of sp³-hybridized carbons (Fsp3) is 0.857. The molecule has 0 aliphatic carbocycles. The highest BCUT2D eigenvalue weighted by atomic mass is 16.8. The normalized spacial score (nSPS) is 27.4. The Morgan fingerprint density at radius 3 is 1.12 bits per heavy atom. The van der Waals surface area contributed by atoms with Crippen LogP contribution in [0.2, 0.25) is 0 Å². The van der Waals surface area contributed by atoms with E-state index in [1.807, 2.05) is 0 Å². The molecule has 1 amide bonds. The number of hydrogen-bond acceptors (Lipinski definition) is 18. The van der Waals surface area contributed by atoms with E-state index in [9.17, 15) is 61.0 Å². The monoisotopic (exact) mass is 1370 g/mol. The highest BCUT2D eigenvalue weighted by Crippen LogP contribution is 2.33. The zero-order valence-electron chi connectivity index (χ0n) is 59.6. The number of rotatable bonds is 60. The van der Waals surface area contributed by atoms with Gasteiger partial charge < -0.3 is 89.9 Å². The summed E-state index contributed by atoms with van der Waals surface area (Å²) < 4.78 is 34.5.